The molecule has 0 radical (unpaired) electrons. The summed E-state index contributed by atoms with van der Waals surface area (Å²) in [6.45, 7) is 4.95. The minimum absolute atomic E-state index is 0.282. The molecule has 0 bridgehead atoms. The molecule has 6 heteroatoms. The largest absolute Gasteiger partial charge is 0.478 e. The first-order chi connectivity index (χ1) is 14.0. The Kier molecular flexibility index (Phi) is 5.63. The van der Waals surface area contributed by atoms with Gasteiger partial charge in [-0.05, 0) is 60.2 Å². The van der Waals surface area contributed by atoms with Crippen LogP contribution in [-0.4, -0.2) is 34.7 Å². The van der Waals surface area contributed by atoms with Crippen molar-refractivity contribution in [2.45, 2.75) is 38.3 Å². The fourth-order valence-corrected chi connectivity index (χ4v) is 4.26. The number of hydrogen-bond acceptors (Lipinski definition) is 4. The molecule has 1 saturated heterocycles. The SMILES string of the molecule is CCc1cc(CN2CCC3(C=C(c4ccc(C(=O)O)cc4)NO3)CC2)ccc1Cl. The number of benzene rings is 2. The fraction of sp³-hybridized carbons (Fsp3) is 0.348. The third-order valence-electron chi connectivity index (χ3n) is 5.81. The summed E-state index contributed by atoms with van der Waals surface area (Å²) in [5.41, 5.74) is 7.36. The molecule has 1 spiro atoms. The highest BCUT2D eigenvalue weighted by atomic mass is 35.5. The lowest BCUT2D eigenvalue weighted by Crippen LogP contribution is -2.44. The fourth-order valence-electron chi connectivity index (χ4n) is 4.00. The molecular formula is C23H25ClN2O3. The summed E-state index contributed by atoms with van der Waals surface area (Å²) in [6, 6.07) is 13.2. The number of hydrogen-bond donors (Lipinski definition) is 2. The maximum Gasteiger partial charge on any atom is 0.335 e. The van der Waals surface area contributed by atoms with Crippen LogP contribution in [0.3, 0.4) is 0 Å². The highest BCUT2D eigenvalue weighted by Crippen LogP contribution is 2.35. The van der Waals surface area contributed by atoms with Crippen LogP contribution < -0.4 is 5.48 Å². The second kappa shape index (κ2) is 8.19. The Bertz CT molecular complexity index is 932. The number of aromatic carboxylic acids is 1. The van der Waals surface area contributed by atoms with Crippen molar-refractivity contribution >= 4 is 23.3 Å². The maximum absolute atomic E-state index is 11.0. The molecule has 0 aromatic heterocycles. The van der Waals surface area contributed by atoms with Crippen molar-refractivity contribution in [1.82, 2.24) is 10.4 Å². The second-order valence-corrected chi connectivity index (χ2v) is 8.17. The van der Waals surface area contributed by atoms with Gasteiger partial charge in [-0.2, -0.15) is 0 Å². The summed E-state index contributed by atoms with van der Waals surface area (Å²) in [6.07, 6.45) is 4.91. The summed E-state index contributed by atoms with van der Waals surface area (Å²) in [5, 5.41) is 9.89. The molecule has 2 aromatic rings. The van der Waals surface area contributed by atoms with Gasteiger partial charge in [0.25, 0.3) is 0 Å². The molecule has 0 saturated carbocycles. The van der Waals surface area contributed by atoms with Gasteiger partial charge in [0.1, 0.15) is 5.60 Å². The van der Waals surface area contributed by atoms with Crippen LogP contribution in [0.1, 0.15) is 46.8 Å². The standard InChI is InChI=1S/C23H25ClN2O3/c1-2-17-13-16(3-8-20(17)24)15-26-11-9-23(10-12-26)14-21(25-29-23)18-4-6-19(7-5-18)22(27)28/h3-8,13-14,25H,2,9-12,15H2,1H3,(H,27,28). The number of likely N-dealkylation sites (tertiary alicyclic amines) is 1. The molecule has 5 nitrogen and oxygen atoms in total. The highest BCUT2D eigenvalue weighted by molar-refractivity contribution is 6.31. The average Bonchev–Trinajstić information content (AvgIpc) is 3.15. The number of carboxylic acid groups (broad SMARTS) is 1. The first kappa shape index (κ1) is 20.0. The number of piperidine rings is 1. The molecule has 2 aromatic carbocycles. The van der Waals surface area contributed by atoms with E-state index in [-0.39, 0.29) is 11.2 Å². The lowest BCUT2D eigenvalue weighted by molar-refractivity contribution is -0.0703. The zero-order valence-corrected chi connectivity index (χ0v) is 17.2. The quantitative estimate of drug-likeness (QED) is 0.756. The molecule has 29 heavy (non-hydrogen) atoms. The Balaban J connectivity index is 1.39. The van der Waals surface area contributed by atoms with Gasteiger partial charge in [-0.3, -0.25) is 15.2 Å². The van der Waals surface area contributed by atoms with Crippen molar-refractivity contribution in [3.8, 4) is 0 Å². The van der Waals surface area contributed by atoms with Crippen LogP contribution in [0, 0.1) is 0 Å². The van der Waals surface area contributed by atoms with Gasteiger partial charge in [-0.1, -0.05) is 42.8 Å². The zero-order valence-electron chi connectivity index (χ0n) is 16.5. The van der Waals surface area contributed by atoms with E-state index in [9.17, 15) is 4.79 Å². The number of halogens is 1. The van der Waals surface area contributed by atoms with Crippen molar-refractivity contribution < 1.29 is 14.7 Å². The van der Waals surface area contributed by atoms with Gasteiger partial charge in [0.2, 0.25) is 0 Å². The summed E-state index contributed by atoms with van der Waals surface area (Å²) >= 11 is 6.24. The van der Waals surface area contributed by atoms with E-state index in [1.807, 2.05) is 18.2 Å². The molecule has 2 aliphatic heterocycles. The minimum Gasteiger partial charge on any atom is -0.478 e. The Morgan fingerprint density at radius 3 is 2.59 bits per heavy atom. The predicted molar refractivity (Wildman–Crippen MR) is 114 cm³/mol. The van der Waals surface area contributed by atoms with Crippen molar-refractivity contribution in [3.63, 3.8) is 0 Å². The molecular weight excluding hydrogens is 388 g/mol. The van der Waals surface area contributed by atoms with Crippen molar-refractivity contribution in [2.75, 3.05) is 13.1 Å². The van der Waals surface area contributed by atoms with Crippen LogP contribution in [0.25, 0.3) is 5.70 Å². The maximum atomic E-state index is 11.0. The van der Waals surface area contributed by atoms with Crippen LogP contribution in [0.4, 0.5) is 0 Å². The monoisotopic (exact) mass is 412 g/mol. The number of carboxylic acids is 1. The van der Waals surface area contributed by atoms with Gasteiger partial charge in [0, 0.05) is 24.7 Å². The number of carbonyl (C=O) groups is 1. The van der Waals surface area contributed by atoms with E-state index < -0.39 is 5.97 Å². The number of hydroxylamine groups is 1. The Morgan fingerprint density at radius 1 is 1.21 bits per heavy atom. The summed E-state index contributed by atoms with van der Waals surface area (Å²) in [5.74, 6) is -0.920. The molecule has 0 unspecified atom stereocenters. The smallest absolute Gasteiger partial charge is 0.335 e. The molecule has 2 N–H and O–H groups in total. The van der Waals surface area contributed by atoms with Crippen molar-refractivity contribution in [1.29, 1.82) is 0 Å². The lowest BCUT2D eigenvalue weighted by atomic mass is 9.90. The van der Waals surface area contributed by atoms with E-state index in [4.69, 9.17) is 21.5 Å². The average molecular weight is 413 g/mol. The number of nitrogens with zero attached hydrogens (tertiary/aromatic N) is 1. The molecule has 1 fully saturated rings. The van der Waals surface area contributed by atoms with E-state index in [0.717, 1.165) is 55.2 Å². The molecule has 0 atom stereocenters. The zero-order chi connectivity index (χ0) is 20.4. The van der Waals surface area contributed by atoms with Gasteiger partial charge in [0.05, 0.1) is 11.3 Å². The Labute approximate surface area is 175 Å². The summed E-state index contributed by atoms with van der Waals surface area (Å²) in [7, 11) is 0. The van der Waals surface area contributed by atoms with Crippen LogP contribution in [0.15, 0.2) is 48.5 Å². The number of aryl methyl sites for hydroxylation is 1. The van der Waals surface area contributed by atoms with Gasteiger partial charge in [0.15, 0.2) is 0 Å². The van der Waals surface area contributed by atoms with Crippen molar-refractivity contribution in [2.24, 2.45) is 0 Å². The molecule has 0 aliphatic carbocycles. The number of rotatable bonds is 5. The van der Waals surface area contributed by atoms with Crippen LogP contribution in [0.5, 0.6) is 0 Å². The summed E-state index contributed by atoms with van der Waals surface area (Å²) < 4.78 is 0. The van der Waals surface area contributed by atoms with E-state index in [1.165, 1.54) is 11.1 Å². The van der Waals surface area contributed by atoms with E-state index in [0.29, 0.717) is 0 Å². The van der Waals surface area contributed by atoms with Crippen LogP contribution in [0.2, 0.25) is 5.02 Å². The molecule has 2 aliphatic rings. The van der Waals surface area contributed by atoms with Gasteiger partial charge in [-0.25, -0.2) is 4.79 Å². The second-order valence-electron chi connectivity index (χ2n) is 7.76. The Morgan fingerprint density at radius 2 is 1.93 bits per heavy atom. The topological polar surface area (TPSA) is 61.8 Å². The van der Waals surface area contributed by atoms with E-state index in [2.05, 4.69) is 35.5 Å². The third-order valence-corrected chi connectivity index (χ3v) is 6.18. The first-order valence-corrected chi connectivity index (χ1v) is 10.4. The van der Waals surface area contributed by atoms with E-state index in [1.54, 1.807) is 12.1 Å². The van der Waals surface area contributed by atoms with Crippen molar-refractivity contribution in [3.05, 3.63) is 75.8 Å². The highest BCUT2D eigenvalue weighted by Gasteiger charge is 2.38. The predicted octanol–water partition coefficient (Wildman–Crippen LogP) is 4.51. The summed E-state index contributed by atoms with van der Waals surface area (Å²) in [4.78, 5) is 19.4. The van der Waals surface area contributed by atoms with Gasteiger partial charge in [-0.15, -0.1) is 0 Å². The Hall–Kier alpha value is -2.34. The van der Waals surface area contributed by atoms with Gasteiger partial charge >= 0.3 is 5.97 Å². The van der Waals surface area contributed by atoms with Crippen LogP contribution in [-0.2, 0) is 17.8 Å². The molecule has 2 heterocycles. The third kappa shape index (κ3) is 4.32. The molecule has 0 amide bonds. The lowest BCUT2D eigenvalue weighted by Gasteiger charge is -2.36. The van der Waals surface area contributed by atoms with Gasteiger partial charge < -0.3 is 5.11 Å². The molecule has 4 rings (SSSR count). The minimum atomic E-state index is -0.920. The van der Waals surface area contributed by atoms with E-state index >= 15 is 0 Å². The molecule has 152 valence electrons. The first-order valence-electron chi connectivity index (χ1n) is 9.98. The normalized spacial score (nSPS) is 18.5. The number of nitrogens with one attached hydrogen (secondary N) is 1. The van der Waals surface area contributed by atoms with Crippen LogP contribution >= 0.6 is 11.6 Å².